The molecule has 0 aliphatic heterocycles. The standard InChI is InChI=1S/C25H26F24N2O4/c1-9(4-5-54-12(50)52)6-14(2,3)15(55-13(51)53,7-16(30,31)20(38,39)24(46,47)22(42,43)18(34,35)10(26)27)8-17(32,33)21(40,41)25(48,49)23(44,45)19(36,37)11(28)29/h9-11H,4-8H2,1-3H3,(H2,50,52)(H2,51,53). The largest absolute Gasteiger partial charge is 0.450 e. The van der Waals surface area contributed by atoms with Crippen LogP contribution in [0.25, 0.3) is 0 Å². The summed E-state index contributed by atoms with van der Waals surface area (Å²) in [5.41, 5.74) is 0.290. The van der Waals surface area contributed by atoms with Gasteiger partial charge >= 0.3 is 84.3 Å². The second-order valence-corrected chi connectivity index (χ2v) is 12.6. The average molecular weight is 874 g/mol. The molecular weight excluding hydrogens is 848 g/mol. The molecule has 0 bridgehead atoms. The van der Waals surface area contributed by atoms with Gasteiger partial charge < -0.3 is 20.9 Å². The summed E-state index contributed by atoms with van der Waals surface area (Å²) in [4.78, 5) is 22.5. The van der Waals surface area contributed by atoms with Crippen molar-refractivity contribution in [1.29, 1.82) is 0 Å². The lowest BCUT2D eigenvalue weighted by atomic mass is 9.63. The van der Waals surface area contributed by atoms with Gasteiger partial charge in [-0.3, -0.25) is 0 Å². The number of nitrogens with two attached hydrogens (primary N) is 2. The molecular formula is C25H26F24N2O4. The van der Waals surface area contributed by atoms with Crippen LogP contribution in [0.2, 0.25) is 0 Å². The van der Waals surface area contributed by atoms with Crippen molar-refractivity contribution in [3.63, 3.8) is 0 Å². The zero-order chi connectivity index (χ0) is 44.8. The van der Waals surface area contributed by atoms with Crippen molar-refractivity contribution >= 4 is 12.2 Å². The molecule has 0 fully saturated rings. The number of hydrogen-bond donors (Lipinski definition) is 2. The van der Waals surface area contributed by atoms with Gasteiger partial charge in [-0.25, -0.2) is 27.2 Å². The second-order valence-electron chi connectivity index (χ2n) is 12.6. The quantitative estimate of drug-likeness (QED) is 0.112. The van der Waals surface area contributed by atoms with Crippen molar-refractivity contribution in [3.8, 4) is 0 Å². The summed E-state index contributed by atoms with van der Waals surface area (Å²) < 4.78 is 344. The highest BCUT2D eigenvalue weighted by molar-refractivity contribution is 5.65. The fourth-order valence-corrected chi connectivity index (χ4v) is 4.95. The van der Waals surface area contributed by atoms with E-state index in [4.69, 9.17) is 0 Å². The maximum absolute atomic E-state index is 15.3. The van der Waals surface area contributed by atoms with E-state index in [-0.39, 0.29) is 13.8 Å². The zero-order valence-electron chi connectivity index (χ0n) is 27.1. The van der Waals surface area contributed by atoms with Crippen molar-refractivity contribution in [2.24, 2.45) is 22.8 Å². The zero-order valence-corrected chi connectivity index (χ0v) is 27.1. The summed E-state index contributed by atoms with van der Waals surface area (Å²) in [6, 6.07) is 0. The normalized spacial score (nSPS) is 16.1. The van der Waals surface area contributed by atoms with E-state index < -0.39 is 133 Å². The molecule has 0 aliphatic carbocycles. The molecule has 0 saturated carbocycles. The van der Waals surface area contributed by atoms with Crippen LogP contribution in [0.4, 0.5) is 115 Å². The first-order valence-corrected chi connectivity index (χ1v) is 14.0. The lowest BCUT2D eigenvalue weighted by Gasteiger charge is -2.51. The summed E-state index contributed by atoms with van der Waals surface area (Å²) in [7, 11) is 0. The number of hydrogen-bond acceptors (Lipinski definition) is 4. The van der Waals surface area contributed by atoms with Gasteiger partial charge in [0.15, 0.2) is 0 Å². The van der Waals surface area contributed by atoms with E-state index in [1.807, 2.05) is 0 Å². The molecule has 0 saturated heterocycles. The molecule has 30 heteroatoms. The van der Waals surface area contributed by atoms with Gasteiger partial charge in [-0.1, -0.05) is 20.8 Å². The molecule has 1 unspecified atom stereocenters. The summed E-state index contributed by atoms with van der Waals surface area (Å²) in [5, 5.41) is 0. The third kappa shape index (κ3) is 8.74. The molecule has 0 aromatic carbocycles. The van der Waals surface area contributed by atoms with Crippen molar-refractivity contribution in [2.75, 3.05) is 6.61 Å². The van der Waals surface area contributed by atoms with Gasteiger partial charge in [-0.05, 0) is 18.8 Å². The third-order valence-corrected chi connectivity index (χ3v) is 8.14. The lowest BCUT2D eigenvalue weighted by Crippen LogP contribution is -2.71. The molecule has 2 amide bonds. The molecule has 0 spiro atoms. The van der Waals surface area contributed by atoms with E-state index in [2.05, 4.69) is 20.9 Å². The Hall–Kier alpha value is -3.14. The fraction of sp³-hybridized carbons (Fsp3) is 0.920. The monoisotopic (exact) mass is 874 g/mol. The van der Waals surface area contributed by atoms with E-state index in [0.29, 0.717) is 0 Å². The first-order valence-electron chi connectivity index (χ1n) is 14.0. The van der Waals surface area contributed by atoms with Gasteiger partial charge in [0.05, 0.1) is 19.4 Å². The van der Waals surface area contributed by atoms with Crippen LogP contribution >= 0.6 is 0 Å². The van der Waals surface area contributed by atoms with Crippen molar-refractivity contribution in [1.82, 2.24) is 0 Å². The van der Waals surface area contributed by atoms with E-state index in [9.17, 15) is 97.4 Å². The van der Waals surface area contributed by atoms with Crippen LogP contribution in [-0.4, -0.2) is 96.5 Å². The number of primary amides is 2. The first-order chi connectivity index (χ1) is 23.8. The van der Waals surface area contributed by atoms with E-state index in [1.54, 1.807) is 0 Å². The molecule has 1 atom stereocenters. The topological polar surface area (TPSA) is 105 Å². The molecule has 6 nitrogen and oxygen atoms in total. The minimum absolute atomic E-state index is 0.000778. The highest BCUT2D eigenvalue weighted by Gasteiger charge is 2.90. The summed E-state index contributed by atoms with van der Waals surface area (Å²) in [6.07, 6.45) is -27.5. The summed E-state index contributed by atoms with van der Waals surface area (Å²) >= 11 is 0. The minimum Gasteiger partial charge on any atom is -0.450 e. The Morgan fingerprint density at radius 2 is 0.836 bits per heavy atom. The second kappa shape index (κ2) is 15.3. The van der Waals surface area contributed by atoms with Gasteiger partial charge in [0.2, 0.25) is 0 Å². The average Bonchev–Trinajstić information content (AvgIpc) is 2.94. The number of ether oxygens (including phenoxy) is 2. The SMILES string of the molecule is CC(CCOC(N)=O)CC(C)(C)C(CC(F)(F)C(F)(F)C(F)(F)C(F)(F)C(F)(F)C(F)F)(CC(F)(F)C(F)(F)C(F)(F)C(F)(F)C(F)(F)C(F)F)OC(N)=O. The predicted octanol–water partition coefficient (Wildman–Crippen LogP) is 10.0. The number of alkyl halides is 24. The Morgan fingerprint density at radius 1 is 0.527 bits per heavy atom. The van der Waals surface area contributed by atoms with Gasteiger partial charge in [-0.15, -0.1) is 0 Å². The Bertz CT molecular complexity index is 1280. The highest BCUT2D eigenvalue weighted by atomic mass is 19.4. The number of carbonyl (C=O) groups is 2. The van der Waals surface area contributed by atoms with Crippen molar-refractivity contribution in [3.05, 3.63) is 0 Å². The Labute approximate surface area is 291 Å². The molecule has 55 heavy (non-hydrogen) atoms. The Morgan fingerprint density at radius 3 is 1.09 bits per heavy atom. The van der Waals surface area contributed by atoms with Gasteiger partial charge in [0.1, 0.15) is 5.60 Å². The van der Waals surface area contributed by atoms with Crippen molar-refractivity contribution < 1.29 is 124 Å². The van der Waals surface area contributed by atoms with E-state index >= 15 is 17.6 Å². The molecule has 0 aromatic rings. The Balaban J connectivity index is 8.12. The maximum atomic E-state index is 15.3. The van der Waals surface area contributed by atoms with Gasteiger partial charge in [-0.2, -0.15) is 87.8 Å². The fourth-order valence-electron chi connectivity index (χ4n) is 4.95. The maximum Gasteiger partial charge on any atom is 0.405 e. The molecule has 0 aromatic heterocycles. The van der Waals surface area contributed by atoms with Crippen LogP contribution in [0.1, 0.15) is 46.5 Å². The molecule has 0 heterocycles. The lowest BCUT2D eigenvalue weighted by molar-refractivity contribution is -0.422. The number of amides is 2. The number of carbonyl (C=O) groups excluding carboxylic acids is 2. The highest BCUT2D eigenvalue weighted by Crippen LogP contribution is 2.64. The molecule has 328 valence electrons. The minimum atomic E-state index is -8.51. The third-order valence-electron chi connectivity index (χ3n) is 8.14. The van der Waals surface area contributed by atoms with Crippen LogP contribution in [0.15, 0.2) is 0 Å². The molecule has 0 aliphatic rings. The first kappa shape index (κ1) is 51.9. The van der Waals surface area contributed by atoms with E-state index in [0.717, 1.165) is 6.92 Å². The van der Waals surface area contributed by atoms with Crippen LogP contribution in [0, 0.1) is 11.3 Å². The smallest absolute Gasteiger partial charge is 0.405 e. The molecule has 0 radical (unpaired) electrons. The van der Waals surface area contributed by atoms with Crippen LogP contribution in [0.5, 0.6) is 0 Å². The van der Waals surface area contributed by atoms with Gasteiger partial charge in [0.25, 0.3) is 0 Å². The van der Waals surface area contributed by atoms with Crippen LogP contribution in [-0.2, 0) is 9.47 Å². The van der Waals surface area contributed by atoms with Gasteiger partial charge in [0, 0.05) is 5.41 Å². The predicted molar refractivity (Wildman–Crippen MR) is 132 cm³/mol. The summed E-state index contributed by atoms with van der Waals surface area (Å²) in [5.74, 6) is -82.5. The van der Waals surface area contributed by atoms with Crippen molar-refractivity contribution in [2.45, 2.75) is 124 Å². The summed E-state index contributed by atoms with van der Waals surface area (Å²) in [6.45, 7) is -0.153. The van der Waals surface area contributed by atoms with Crippen LogP contribution < -0.4 is 11.5 Å². The number of rotatable bonds is 21. The van der Waals surface area contributed by atoms with Crippen LogP contribution in [0.3, 0.4) is 0 Å². The molecule has 0 rings (SSSR count). The molecule has 4 N–H and O–H groups in total. The van der Waals surface area contributed by atoms with E-state index in [1.165, 1.54) is 0 Å². The number of halogens is 24. The Kier molecular flexibility index (Phi) is 14.4.